The summed E-state index contributed by atoms with van der Waals surface area (Å²) < 4.78 is 23.7. The van der Waals surface area contributed by atoms with Crippen LogP contribution in [0.25, 0.3) is 0 Å². The van der Waals surface area contributed by atoms with Crippen LogP contribution >= 0.6 is 0 Å². The number of nitro groups is 1. The van der Waals surface area contributed by atoms with Gasteiger partial charge in [-0.2, -0.15) is 0 Å². The largest absolute Gasteiger partial charge is 0.494 e. The van der Waals surface area contributed by atoms with Gasteiger partial charge in [0.25, 0.3) is 5.69 Å². The number of rotatable bonds is 5. The Hall–Kier alpha value is -1.89. The molecule has 0 saturated heterocycles. The second-order valence-electron chi connectivity index (χ2n) is 4.77. The first-order chi connectivity index (χ1) is 9.55. The molecule has 2 atom stereocenters. The average Bonchev–Trinajstić information content (AvgIpc) is 2.87. The molecule has 1 aliphatic rings. The molecule has 7 heteroatoms. The van der Waals surface area contributed by atoms with Crippen LogP contribution in [0.4, 0.5) is 15.8 Å². The lowest BCUT2D eigenvalue weighted by Crippen LogP contribution is -2.18. The van der Waals surface area contributed by atoms with Crippen LogP contribution in [0.1, 0.15) is 19.3 Å². The normalized spacial score (nSPS) is 21.8. The fourth-order valence-corrected chi connectivity index (χ4v) is 2.47. The molecule has 2 rings (SSSR count). The van der Waals surface area contributed by atoms with Gasteiger partial charge in [-0.3, -0.25) is 10.1 Å². The topological polar surface area (TPSA) is 73.6 Å². The van der Waals surface area contributed by atoms with E-state index in [2.05, 4.69) is 5.32 Å². The van der Waals surface area contributed by atoms with E-state index in [1.54, 1.807) is 7.11 Å². The van der Waals surface area contributed by atoms with E-state index >= 15 is 0 Å². The number of nitro benzene ring substituents is 1. The maximum Gasteiger partial charge on any atom is 0.295 e. The first-order valence-electron chi connectivity index (χ1n) is 6.36. The molecule has 0 heterocycles. The number of hydrogen-bond acceptors (Lipinski definition) is 5. The van der Waals surface area contributed by atoms with Crippen LogP contribution in [0.3, 0.4) is 0 Å². The van der Waals surface area contributed by atoms with Crippen molar-refractivity contribution in [2.75, 3.05) is 19.5 Å². The van der Waals surface area contributed by atoms with Crippen molar-refractivity contribution in [2.45, 2.75) is 31.4 Å². The highest BCUT2D eigenvalue weighted by Crippen LogP contribution is 2.34. The summed E-state index contributed by atoms with van der Waals surface area (Å²) in [5, 5.41) is 14.1. The quantitative estimate of drug-likeness (QED) is 0.664. The molecule has 0 radical (unpaired) electrons. The molecule has 1 aromatic carbocycles. The van der Waals surface area contributed by atoms with Gasteiger partial charge in [-0.05, 0) is 19.3 Å². The predicted octanol–water partition coefficient (Wildman–Crippen LogP) is 2.72. The molecule has 1 aliphatic carbocycles. The summed E-state index contributed by atoms with van der Waals surface area (Å²) in [5.74, 6) is -0.759. The minimum absolute atomic E-state index is 0.0145. The van der Waals surface area contributed by atoms with Crippen molar-refractivity contribution < 1.29 is 18.8 Å². The molecular weight excluding hydrogens is 267 g/mol. The molecule has 0 aliphatic heterocycles. The van der Waals surface area contributed by atoms with Crippen molar-refractivity contribution in [1.29, 1.82) is 0 Å². The Balaban J connectivity index is 2.23. The Labute approximate surface area is 116 Å². The van der Waals surface area contributed by atoms with Crippen LogP contribution < -0.4 is 10.1 Å². The minimum Gasteiger partial charge on any atom is -0.494 e. The number of benzene rings is 1. The third-order valence-electron chi connectivity index (χ3n) is 3.54. The van der Waals surface area contributed by atoms with Crippen molar-refractivity contribution in [3.63, 3.8) is 0 Å². The van der Waals surface area contributed by atoms with Gasteiger partial charge in [0.2, 0.25) is 0 Å². The van der Waals surface area contributed by atoms with Crippen LogP contribution in [0.5, 0.6) is 5.75 Å². The molecule has 1 aromatic rings. The number of nitrogens with zero attached hydrogens (tertiary/aromatic N) is 1. The van der Waals surface area contributed by atoms with E-state index < -0.39 is 10.7 Å². The molecule has 6 nitrogen and oxygen atoms in total. The third kappa shape index (κ3) is 2.98. The first-order valence-corrected chi connectivity index (χ1v) is 6.36. The zero-order valence-electron chi connectivity index (χ0n) is 11.4. The van der Waals surface area contributed by atoms with Crippen molar-refractivity contribution in [3.8, 4) is 5.75 Å². The Kier molecular flexibility index (Phi) is 4.39. The van der Waals surface area contributed by atoms with E-state index in [9.17, 15) is 14.5 Å². The molecule has 1 N–H and O–H groups in total. The van der Waals surface area contributed by atoms with Crippen molar-refractivity contribution >= 4 is 11.4 Å². The molecule has 0 bridgehead atoms. The Morgan fingerprint density at radius 3 is 2.70 bits per heavy atom. The Morgan fingerprint density at radius 2 is 2.15 bits per heavy atom. The zero-order chi connectivity index (χ0) is 14.7. The number of anilines is 1. The van der Waals surface area contributed by atoms with E-state index in [0.29, 0.717) is 0 Å². The van der Waals surface area contributed by atoms with Gasteiger partial charge in [0.15, 0.2) is 11.6 Å². The van der Waals surface area contributed by atoms with Gasteiger partial charge in [-0.15, -0.1) is 0 Å². The minimum atomic E-state index is -0.745. The van der Waals surface area contributed by atoms with E-state index in [1.165, 1.54) is 13.2 Å². The summed E-state index contributed by atoms with van der Waals surface area (Å²) in [6, 6.07) is 2.28. The number of hydrogen-bond donors (Lipinski definition) is 1. The summed E-state index contributed by atoms with van der Waals surface area (Å²) in [7, 11) is 2.97. The van der Waals surface area contributed by atoms with Gasteiger partial charge in [0.05, 0.1) is 24.2 Å². The van der Waals surface area contributed by atoms with Gasteiger partial charge in [0.1, 0.15) is 5.69 Å². The van der Waals surface area contributed by atoms with Gasteiger partial charge < -0.3 is 14.8 Å². The fourth-order valence-electron chi connectivity index (χ4n) is 2.47. The summed E-state index contributed by atoms with van der Waals surface area (Å²) in [5.41, 5.74) is -0.0147. The molecule has 2 unspecified atom stereocenters. The molecule has 0 amide bonds. The number of nitrogens with one attached hydrogen (secondary N) is 1. The third-order valence-corrected chi connectivity index (χ3v) is 3.54. The first kappa shape index (κ1) is 14.5. The lowest BCUT2D eigenvalue weighted by molar-refractivity contribution is -0.384. The van der Waals surface area contributed by atoms with E-state index in [0.717, 1.165) is 25.3 Å². The van der Waals surface area contributed by atoms with Crippen molar-refractivity contribution in [2.24, 2.45) is 0 Å². The highest BCUT2D eigenvalue weighted by Gasteiger charge is 2.27. The van der Waals surface area contributed by atoms with E-state index in [1.807, 2.05) is 0 Å². The number of methoxy groups -OCH3 is 2. The molecule has 1 saturated carbocycles. The smallest absolute Gasteiger partial charge is 0.295 e. The standard InChI is InChI=1S/C13H17FN2O4/c1-19-9-4-3-8(5-9)15-11-7-13(20-2)10(14)6-12(11)16(17)18/h6-9,15H,3-5H2,1-2H3. The fraction of sp³-hybridized carbons (Fsp3) is 0.538. The maximum atomic E-state index is 13.5. The summed E-state index contributed by atoms with van der Waals surface area (Å²) in [6.07, 6.45) is 2.69. The number of halogens is 1. The second kappa shape index (κ2) is 6.04. The van der Waals surface area contributed by atoms with Crippen LogP contribution in [0.2, 0.25) is 0 Å². The second-order valence-corrected chi connectivity index (χ2v) is 4.77. The highest BCUT2D eigenvalue weighted by molar-refractivity contribution is 5.65. The van der Waals surface area contributed by atoms with Crippen LogP contribution in [-0.2, 0) is 4.74 Å². The molecule has 0 spiro atoms. The lowest BCUT2D eigenvalue weighted by atomic mass is 10.2. The van der Waals surface area contributed by atoms with Gasteiger partial charge in [0, 0.05) is 19.2 Å². The van der Waals surface area contributed by atoms with E-state index in [-0.39, 0.29) is 29.3 Å². The summed E-state index contributed by atoms with van der Waals surface area (Å²) >= 11 is 0. The summed E-state index contributed by atoms with van der Waals surface area (Å²) in [4.78, 5) is 10.4. The summed E-state index contributed by atoms with van der Waals surface area (Å²) in [6.45, 7) is 0. The molecule has 20 heavy (non-hydrogen) atoms. The van der Waals surface area contributed by atoms with Crippen LogP contribution in [0.15, 0.2) is 12.1 Å². The average molecular weight is 284 g/mol. The molecule has 1 fully saturated rings. The van der Waals surface area contributed by atoms with Gasteiger partial charge in [-0.25, -0.2) is 4.39 Å². The lowest BCUT2D eigenvalue weighted by Gasteiger charge is -2.15. The highest BCUT2D eigenvalue weighted by atomic mass is 19.1. The molecule has 110 valence electrons. The number of ether oxygens (including phenoxy) is 2. The van der Waals surface area contributed by atoms with Gasteiger partial charge >= 0.3 is 0 Å². The Bertz CT molecular complexity index is 509. The molecular formula is C13H17FN2O4. The van der Waals surface area contributed by atoms with E-state index in [4.69, 9.17) is 9.47 Å². The predicted molar refractivity (Wildman–Crippen MR) is 71.7 cm³/mol. The van der Waals surface area contributed by atoms with Crippen molar-refractivity contribution in [3.05, 3.63) is 28.1 Å². The zero-order valence-corrected chi connectivity index (χ0v) is 11.4. The monoisotopic (exact) mass is 284 g/mol. The van der Waals surface area contributed by atoms with Crippen LogP contribution in [-0.4, -0.2) is 31.3 Å². The maximum absolute atomic E-state index is 13.5. The Morgan fingerprint density at radius 1 is 1.40 bits per heavy atom. The van der Waals surface area contributed by atoms with Crippen molar-refractivity contribution in [1.82, 2.24) is 0 Å². The molecule has 0 aromatic heterocycles. The van der Waals surface area contributed by atoms with Crippen LogP contribution in [0, 0.1) is 15.9 Å². The van der Waals surface area contributed by atoms with Gasteiger partial charge in [-0.1, -0.05) is 0 Å². The SMILES string of the molecule is COc1cc(NC2CCC(OC)C2)c([N+](=O)[O-])cc1F.